The van der Waals surface area contributed by atoms with Gasteiger partial charge in [-0.3, -0.25) is 4.79 Å². The number of halogens is 1. The second-order valence-corrected chi connectivity index (χ2v) is 7.43. The second-order valence-electron chi connectivity index (χ2n) is 7.00. The predicted molar refractivity (Wildman–Crippen MR) is 112 cm³/mol. The third-order valence-electron chi connectivity index (χ3n) is 4.73. The number of amides is 1. The summed E-state index contributed by atoms with van der Waals surface area (Å²) in [7, 11) is 0. The number of rotatable bonds is 8. The first kappa shape index (κ1) is 20.9. The fraction of sp³-hybridized carbons (Fsp3) is 0.318. The molecule has 0 fully saturated rings. The minimum atomic E-state index is -0.395. The molecule has 3 rings (SSSR count). The van der Waals surface area contributed by atoms with Crippen LogP contribution in [0.5, 0.6) is 5.75 Å². The van der Waals surface area contributed by atoms with E-state index in [1.807, 2.05) is 45.0 Å². The number of nitrogens with one attached hydrogen (secondary N) is 1. The van der Waals surface area contributed by atoms with Crippen LogP contribution in [0, 0.1) is 12.8 Å². The minimum Gasteiger partial charge on any atom is -0.484 e. The van der Waals surface area contributed by atoms with Gasteiger partial charge < -0.3 is 14.6 Å². The number of carbonyl (C=O) groups excluding carboxylic acids is 1. The standard InChI is InChI=1S/C22H24ClN3O3/c1-4-15(3)20(24-19(27)13-28-18-11-9-17(23)10-12-18)22-25-21(26-29-22)16-7-5-14(2)6-8-16/h5-12,15,20H,4,13H2,1-3H3,(H,24,27)/t15-,20+/m1/s1. The normalized spacial score (nSPS) is 13.0. The van der Waals surface area contributed by atoms with Gasteiger partial charge in [0.15, 0.2) is 6.61 Å². The van der Waals surface area contributed by atoms with E-state index in [1.54, 1.807) is 24.3 Å². The molecule has 0 saturated heterocycles. The fourth-order valence-electron chi connectivity index (χ4n) is 2.76. The molecule has 3 aromatic rings. The Morgan fingerprint density at radius 1 is 1.17 bits per heavy atom. The van der Waals surface area contributed by atoms with E-state index in [4.69, 9.17) is 20.9 Å². The zero-order chi connectivity index (χ0) is 20.8. The Balaban J connectivity index is 1.68. The molecule has 0 spiro atoms. The van der Waals surface area contributed by atoms with Crippen LogP contribution in [0.2, 0.25) is 5.02 Å². The smallest absolute Gasteiger partial charge is 0.258 e. The number of aromatic nitrogens is 2. The first-order chi connectivity index (χ1) is 14.0. The van der Waals surface area contributed by atoms with Gasteiger partial charge in [0.2, 0.25) is 11.7 Å². The minimum absolute atomic E-state index is 0.112. The molecule has 1 amide bonds. The average Bonchev–Trinajstić information content (AvgIpc) is 3.21. The van der Waals surface area contributed by atoms with Gasteiger partial charge in [-0.2, -0.15) is 4.98 Å². The summed E-state index contributed by atoms with van der Waals surface area (Å²) < 4.78 is 11.0. The SMILES string of the molecule is CC[C@@H](C)[C@H](NC(=O)COc1ccc(Cl)cc1)c1nc(-c2ccc(C)cc2)no1. The van der Waals surface area contributed by atoms with E-state index in [-0.39, 0.29) is 18.4 Å². The Bertz CT molecular complexity index is 939. The molecule has 0 aliphatic heterocycles. The second kappa shape index (κ2) is 9.56. The van der Waals surface area contributed by atoms with Gasteiger partial charge in [0, 0.05) is 10.6 Å². The highest BCUT2D eigenvalue weighted by atomic mass is 35.5. The lowest BCUT2D eigenvalue weighted by Gasteiger charge is -2.20. The van der Waals surface area contributed by atoms with Crippen LogP contribution in [0.1, 0.15) is 37.8 Å². The van der Waals surface area contributed by atoms with Gasteiger partial charge in [0.1, 0.15) is 11.8 Å². The Hall–Kier alpha value is -2.86. The molecule has 0 bridgehead atoms. The van der Waals surface area contributed by atoms with Gasteiger partial charge in [-0.05, 0) is 37.1 Å². The third kappa shape index (κ3) is 5.57. The van der Waals surface area contributed by atoms with Crippen molar-refractivity contribution in [2.75, 3.05) is 6.61 Å². The molecule has 0 unspecified atom stereocenters. The average molecular weight is 414 g/mol. The number of carbonyl (C=O) groups is 1. The van der Waals surface area contributed by atoms with Crippen molar-refractivity contribution >= 4 is 17.5 Å². The molecule has 152 valence electrons. The fourth-order valence-corrected chi connectivity index (χ4v) is 2.89. The number of benzene rings is 2. The van der Waals surface area contributed by atoms with Gasteiger partial charge >= 0.3 is 0 Å². The highest BCUT2D eigenvalue weighted by Crippen LogP contribution is 2.26. The number of nitrogens with zero attached hydrogens (tertiary/aromatic N) is 2. The Labute approximate surface area is 175 Å². The van der Waals surface area contributed by atoms with E-state index in [2.05, 4.69) is 15.5 Å². The van der Waals surface area contributed by atoms with E-state index < -0.39 is 6.04 Å². The molecular weight excluding hydrogens is 390 g/mol. The Morgan fingerprint density at radius 3 is 2.52 bits per heavy atom. The van der Waals surface area contributed by atoms with Gasteiger partial charge in [-0.1, -0.05) is 66.9 Å². The van der Waals surface area contributed by atoms with Crippen molar-refractivity contribution in [1.29, 1.82) is 0 Å². The van der Waals surface area contributed by atoms with E-state index in [1.165, 1.54) is 0 Å². The number of ether oxygens (including phenoxy) is 1. The van der Waals surface area contributed by atoms with Crippen molar-refractivity contribution in [3.8, 4) is 17.1 Å². The number of aryl methyl sites for hydroxylation is 1. The summed E-state index contributed by atoms with van der Waals surface area (Å²) in [6.07, 6.45) is 0.839. The molecule has 0 aliphatic rings. The quantitative estimate of drug-likeness (QED) is 0.563. The molecular formula is C22H24ClN3O3. The molecule has 0 saturated carbocycles. The lowest BCUT2D eigenvalue weighted by Crippen LogP contribution is -2.36. The predicted octanol–water partition coefficient (Wildman–Crippen LogP) is 4.98. The monoisotopic (exact) mass is 413 g/mol. The van der Waals surface area contributed by atoms with Crippen molar-refractivity contribution in [3.63, 3.8) is 0 Å². The van der Waals surface area contributed by atoms with Crippen molar-refractivity contribution in [2.24, 2.45) is 5.92 Å². The van der Waals surface area contributed by atoms with Gasteiger partial charge in [0.05, 0.1) is 0 Å². The molecule has 6 nitrogen and oxygen atoms in total. The third-order valence-corrected chi connectivity index (χ3v) is 4.98. The van der Waals surface area contributed by atoms with Crippen LogP contribution in [-0.4, -0.2) is 22.7 Å². The maximum Gasteiger partial charge on any atom is 0.258 e. The van der Waals surface area contributed by atoms with Gasteiger partial charge in [-0.25, -0.2) is 0 Å². The maximum absolute atomic E-state index is 12.4. The number of hydrogen-bond acceptors (Lipinski definition) is 5. The van der Waals surface area contributed by atoms with Gasteiger partial charge in [-0.15, -0.1) is 0 Å². The zero-order valence-electron chi connectivity index (χ0n) is 16.7. The van der Waals surface area contributed by atoms with Crippen LogP contribution in [0.15, 0.2) is 53.1 Å². The van der Waals surface area contributed by atoms with Crippen LogP contribution < -0.4 is 10.1 Å². The van der Waals surface area contributed by atoms with Crippen LogP contribution >= 0.6 is 11.6 Å². The molecule has 2 atom stereocenters. The van der Waals surface area contributed by atoms with Crippen LogP contribution in [0.4, 0.5) is 0 Å². The molecule has 29 heavy (non-hydrogen) atoms. The highest BCUT2D eigenvalue weighted by molar-refractivity contribution is 6.30. The van der Waals surface area contributed by atoms with E-state index in [0.717, 1.165) is 17.5 Å². The molecule has 1 aromatic heterocycles. The van der Waals surface area contributed by atoms with E-state index in [9.17, 15) is 4.79 Å². The summed E-state index contributed by atoms with van der Waals surface area (Å²) in [6.45, 7) is 5.98. The zero-order valence-corrected chi connectivity index (χ0v) is 17.4. The molecule has 2 aromatic carbocycles. The molecule has 7 heteroatoms. The topological polar surface area (TPSA) is 77.2 Å². The van der Waals surface area contributed by atoms with E-state index >= 15 is 0 Å². The van der Waals surface area contributed by atoms with Crippen molar-refractivity contribution in [1.82, 2.24) is 15.5 Å². The van der Waals surface area contributed by atoms with Crippen LogP contribution in [0.3, 0.4) is 0 Å². The van der Waals surface area contributed by atoms with Gasteiger partial charge in [0.25, 0.3) is 5.91 Å². The summed E-state index contributed by atoms with van der Waals surface area (Å²) in [5.74, 6) is 1.31. The first-order valence-corrected chi connectivity index (χ1v) is 9.92. The van der Waals surface area contributed by atoms with Crippen molar-refractivity contribution < 1.29 is 14.1 Å². The van der Waals surface area contributed by atoms with Crippen molar-refractivity contribution in [2.45, 2.75) is 33.2 Å². The largest absolute Gasteiger partial charge is 0.484 e. The molecule has 0 radical (unpaired) electrons. The van der Waals surface area contributed by atoms with Crippen LogP contribution in [0.25, 0.3) is 11.4 Å². The first-order valence-electron chi connectivity index (χ1n) is 9.54. The Kier molecular flexibility index (Phi) is 6.88. The molecule has 1 N–H and O–H groups in total. The summed E-state index contributed by atoms with van der Waals surface area (Å²) >= 11 is 5.86. The summed E-state index contributed by atoms with van der Waals surface area (Å²) in [5, 5.41) is 7.65. The van der Waals surface area contributed by atoms with Crippen LogP contribution in [-0.2, 0) is 4.79 Å². The summed E-state index contributed by atoms with van der Waals surface area (Å²) in [6, 6.07) is 14.3. The lowest BCUT2D eigenvalue weighted by molar-refractivity contribution is -0.124. The summed E-state index contributed by atoms with van der Waals surface area (Å²) in [4.78, 5) is 17.0. The lowest BCUT2D eigenvalue weighted by atomic mass is 9.99. The molecule has 0 aliphatic carbocycles. The molecule has 1 heterocycles. The number of hydrogen-bond donors (Lipinski definition) is 1. The highest BCUT2D eigenvalue weighted by Gasteiger charge is 2.26. The van der Waals surface area contributed by atoms with E-state index in [0.29, 0.717) is 22.5 Å². The Morgan fingerprint density at radius 2 is 1.86 bits per heavy atom. The maximum atomic E-state index is 12.4. The summed E-state index contributed by atoms with van der Waals surface area (Å²) in [5.41, 5.74) is 2.02. The van der Waals surface area contributed by atoms with Crippen molar-refractivity contribution in [3.05, 3.63) is 65.0 Å².